The van der Waals surface area contributed by atoms with Gasteiger partial charge in [0.25, 0.3) is 5.91 Å². The molecule has 2 saturated heterocycles. The van der Waals surface area contributed by atoms with Gasteiger partial charge in [-0.15, -0.1) is 0 Å². The normalized spacial score (nSPS) is 23.7. The fourth-order valence-corrected chi connectivity index (χ4v) is 7.17. The molecule has 4 N–H and O–H groups in total. The summed E-state index contributed by atoms with van der Waals surface area (Å²) in [6, 6.07) is 13.2. The lowest BCUT2D eigenvalue weighted by Gasteiger charge is -2.29. The summed E-state index contributed by atoms with van der Waals surface area (Å²) in [5.41, 5.74) is 1.96. The van der Waals surface area contributed by atoms with Crippen molar-refractivity contribution in [3.8, 4) is 5.75 Å². The van der Waals surface area contributed by atoms with Crippen molar-refractivity contribution >= 4 is 46.0 Å². The Hall–Kier alpha value is -3.89. The smallest absolute Gasteiger partial charge is 0.271 e. The van der Waals surface area contributed by atoms with Crippen molar-refractivity contribution < 1.29 is 29.0 Å². The highest BCUT2D eigenvalue weighted by Gasteiger charge is 2.50. The fourth-order valence-electron chi connectivity index (χ4n) is 6.91. The molecule has 0 bridgehead atoms. The van der Waals surface area contributed by atoms with Crippen LogP contribution in [0, 0.1) is 17.8 Å². The Balaban J connectivity index is 1.22. The van der Waals surface area contributed by atoms with Crippen molar-refractivity contribution in [2.45, 2.75) is 50.8 Å². The van der Waals surface area contributed by atoms with Gasteiger partial charge in [-0.2, -0.15) is 0 Å². The van der Waals surface area contributed by atoms with Gasteiger partial charge < -0.3 is 30.4 Å². The summed E-state index contributed by atoms with van der Waals surface area (Å²) in [4.78, 5) is 57.3. The van der Waals surface area contributed by atoms with Gasteiger partial charge in [-0.05, 0) is 55.2 Å². The van der Waals surface area contributed by atoms with Crippen LogP contribution in [0.4, 0.5) is 0 Å². The number of aliphatic hydroxyl groups excluding tert-OH is 1. The second kappa shape index (κ2) is 12.4. The number of nitrogens with one attached hydrogen (secondary N) is 3. The quantitative estimate of drug-likeness (QED) is 0.279. The molecule has 43 heavy (non-hydrogen) atoms. The molecule has 0 unspecified atom stereocenters. The number of halogens is 1. The van der Waals surface area contributed by atoms with Gasteiger partial charge in [0.05, 0.1) is 16.6 Å². The Morgan fingerprint density at radius 2 is 1.93 bits per heavy atom. The van der Waals surface area contributed by atoms with Gasteiger partial charge in [0.2, 0.25) is 11.8 Å². The number of hydrogen-bond acceptors (Lipinski definition) is 6. The number of ether oxygens (including phenoxy) is 1. The molecule has 11 heteroatoms. The van der Waals surface area contributed by atoms with E-state index in [0.29, 0.717) is 53.5 Å². The summed E-state index contributed by atoms with van der Waals surface area (Å²) in [5.74, 6) is -1.18. The van der Waals surface area contributed by atoms with Crippen LogP contribution < -0.4 is 15.4 Å². The van der Waals surface area contributed by atoms with Crippen LogP contribution in [0.2, 0.25) is 5.02 Å². The van der Waals surface area contributed by atoms with Crippen LogP contribution in [0.15, 0.2) is 48.5 Å². The van der Waals surface area contributed by atoms with E-state index >= 15 is 0 Å². The molecule has 0 radical (unpaired) electrons. The molecule has 226 valence electrons. The summed E-state index contributed by atoms with van der Waals surface area (Å²) >= 11 is 6.59. The molecule has 1 aromatic heterocycles. The standard InChI is InChI=1S/C32H35ClN4O6/c33-24-12-21(43-17-18-5-2-1-3-6-18)13-25-23(24)14-27(35-25)32(42)37-15-20-7-4-8-22(20)29(37)31(41)36-26(28(39)16-38)11-19-9-10-34-30(19)40/h1-3,5-6,12-14,19-20,22,26,29,35,38H,4,7-11,15-17H2,(H,34,40)(H,36,41)/t19-,20-,22-,26-,29-/m0/s1. The van der Waals surface area contributed by atoms with E-state index in [-0.39, 0.29) is 30.1 Å². The molecule has 3 fully saturated rings. The predicted octanol–water partition coefficient (Wildman–Crippen LogP) is 3.21. The van der Waals surface area contributed by atoms with Gasteiger partial charge in [-0.1, -0.05) is 48.4 Å². The summed E-state index contributed by atoms with van der Waals surface area (Å²) in [5, 5.41) is 16.2. The van der Waals surface area contributed by atoms with E-state index in [1.54, 1.807) is 23.1 Å². The number of likely N-dealkylation sites (tertiary alicyclic amines) is 1. The summed E-state index contributed by atoms with van der Waals surface area (Å²) in [6.45, 7) is 0.570. The third-order valence-electron chi connectivity index (χ3n) is 9.10. The first-order valence-corrected chi connectivity index (χ1v) is 15.2. The maximum absolute atomic E-state index is 13.9. The lowest BCUT2D eigenvalue weighted by atomic mass is 9.92. The Morgan fingerprint density at radius 1 is 1.12 bits per heavy atom. The number of nitrogens with zero attached hydrogens (tertiary/aromatic N) is 1. The molecular weight excluding hydrogens is 572 g/mol. The van der Waals surface area contributed by atoms with E-state index in [4.69, 9.17) is 16.3 Å². The van der Waals surface area contributed by atoms with Crippen molar-refractivity contribution in [1.82, 2.24) is 20.5 Å². The zero-order valence-electron chi connectivity index (χ0n) is 23.7. The zero-order valence-corrected chi connectivity index (χ0v) is 24.4. The lowest BCUT2D eigenvalue weighted by molar-refractivity contribution is -0.133. The van der Waals surface area contributed by atoms with E-state index < -0.39 is 36.3 Å². The number of benzene rings is 2. The van der Waals surface area contributed by atoms with E-state index in [1.807, 2.05) is 30.3 Å². The maximum Gasteiger partial charge on any atom is 0.271 e. The maximum atomic E-state index is 13.9. The van der Waals surface area contributed by atoms with Crippen molar-refractivity contribution in [2.75, 3.05) is 19.7 Å². The van der Waals surface area contributed by atoms with Crippen LogP contribution in [0.3, 0.4) is 0 Å². The van der Waals surface area contributed by atoms with Crippen molar-refractivity contribution in [3.05, 3.63) is 64.8 Å². The van der Waals surface area contributed by atoms with Gasteiger partial charge in [0.1, 0.15) is 30.7 Å². The van der Waals surface area contributed by atoms with Gasteiger partial charge in [-0.3, -0.25) is 19.2 Å². The van der Waals surface area contributed by atoms with Crippen LogP contribution in [-0.4, -0.2) is 70.3 Å². The minimum atomic E-state index is -1.01. The molecule has 1 aliphatic carbocycles. The van der Waals surface area contributed by atoms with E-state index in [1.165, 1.54) is 0 Å². The Labute approximate surface area is 254 Å². The van der Waals surface area contributed by atoms with Crippen LogP contribution in [0.25, 0.3) is 10.9 Å². The van der Waals surface area contributed by atoms with Crippen molar-refractivity contribution in [3.63, 3.8) is 0 Å². The minimum absolute atomic E-state index is 0.0328. The minimum Gasteiger partial charge on any atom is -0.489 e. The third-order valence-corrected chi connectivity index (χ3v) is 9.42. The first-order valence-electron chi connectivity index (χ1n) is 14.8. The van der Waals surface area contributed by atoms with Crippen molar-refractivity contribution in [1.29, 1.82) is 0 Å². The van der Waals surface area contributed by atoms with Crippen LogP contribution in [0.5, 0.6) is 5.75 Å². The molecule has 6 rings (SSSR count). The Kier molecular flexibility index (Phi) is 8.41. The summed E-state index contributed by atoms with van der Waals surface area (Å²) in [6.07, 6.45) is 3.36. The monoisotopic (exact) mass is 606 g/mol. The molecule has 10 nitrogen and oxygen atoms in total. The molecule has 5 atom stereocenters. The molecule has 3 aromatic rings. The number of aromatic nitrogens is 1. The van der Waals surface area contributed by atoms with Crippen LogP contribution in [-0.2, 0) is 21.0 Å². The lowest BCUT2D eigenvalue weighted by Crippen LogP contribution is -2.53. The number of amides is 3. The molecule has 1 saturated carbocycles. The van der Waals surface area contributed by atoms with Gasteiger partial charge in [-0.25, -0.2) is 0 Å². The first-order chi connectivity index (χ1) is 20.8. The number of aromatic amines is 1. The number of ketones is 1. The topological polar surface area (TPSA) is 141 Å². The molecule has 3 aliphatic rings. The SMILES string of the molecule is O=C1NCC[C@H]1C[C@H](NC(=O)[C@@H]1[C@H]2CCC[C@H]2CN1C(=O)c1cc2c(Cl)cc(OCc3ccccc3)cc2[nH]1)C(=O)CO. The number of Topliss-reactive ketones (excluding diaryl/α,β-unsaturated/α-hetero) is 1. The Morgan fingerprint density at radius 3 is 2.67 bits per heavy atom. The Bertz CT molecular complexity index is 1540. The van der Waals surface area contributed by atoms with Crippen molar-refractivity contribution in [2.24, 2.45) is 17.8 Å². The average Bonchev–Trinajstić information content (AvgIpc) is 3.80. The number of H-pyrrole nitrogens is 1. The first kappa shape index (κ1) is 29.2. The molecule has 0 spiro atoms. The summed E-state index contributed by atoms with van der Waals surface area (Å²) in [7, 11) is 0. The highest BCUT2D eigenvalue weighted by atomic mass is 35.5. The molecular formula is C32H35ClN4O6. The van der Waals surface area contributed by atoms with Crippen LogP contribution in [0.1, 0.15) is 48.2 Å². The van der Waals surface area contributed by atoms with E-state index in [2.05, 4.69) is 15.6 Å². The highest BCUT2D eigenvalue weighted by Crippen LogP contribution is 2.43. The summed E-state index contributed by atoms with van der Waals surface area (Å²) < 4.78 is 5.95. The van der Waals surface area contributed by atoms with Gasteiger partial charge in [0.15, 0.2) is 5.78 Å². The molecule has 3 amide bonds. The number of rotatable bonds is 10. The molecule has 2 aliphatic heterocycles. The number of carbonyl (C=O) groups is 4. The third kappa shape index (κ3) is 5.99. The fraction of sp³-hybridized carbons (Fsp3) is 0.438. The number of aliphatic hydroxyl groups is 1. The van der Waals surface area contributed by atoms with Crippen LogP contribution >= 0.6 is 11.6 Å². The van der Waals surface area contributed by atoms with Gasteiger partial charge in [0, 0.05) is 30.5 Å². The average molecular weight is 607 g/mol. The number of fused-ring (bicyclic) bond motifs is 2. The second-order valence-electron chi connectivity index (χ2n) is 11.8. The second-order valence-corrected chi connectivity index (χ2v) is 12.2. The molecule has 2 aromatic carbocycles. The number of hydrogen-bond donors (Lipinski definition) is 4. The molecule has 3 heterocycles. The highest BCUT2D eigenvalue weighted by molar-refractivity contribution is 6.35. The van der Waals surface area contributed by atoms with E-state index in [0.717, 1.165) is 24.8 Å². The largest absolute Gasteiger partial charge is 0.489 e. The zero-order chi connectivity index (χ0) is 30.1. The van der Waals surface area contributed by atoms with Gasteiger partial charge >= 0.3 is 0 Å². The van der Waals surface area contributed by atoms with E-state index in [9.17, 15) is 24.3 Å². The predicted molar refractivity (Wildman–Crippen MR) is 159 cm³/mol. The number of carbonyl (C=O) groups excluding carboxylic acids is 4.